The number of benzene rings is 2. The number of nitro groups is 1. The summed E-state index contributed by atoms with van der Waals surface area (Å²) < 4.78 is 5.24. The predicted molar refractivity (Wildman–Crippen MR) is 108 cm³/mol. The Labute approximate surface area is 164 Å². The summed E-state index contributed by atoms with van der Waals surface area (Å²) in [5, 5.41) is 13.8. The fourth-order valence-corrected chi connectivity index (χ4v) is 3.57. The number of aryl methyl sites for hydroxylation is 1. The molecule has 7 heteroatoms. The highest BCUT2D eigenvalue weighted by atomic mass is 16.6. The van der Waals surface area contributed by atoms with Gasteiger partial charge in [0, 0.05) is 12.6 Å². The van der Waals surface area contributed by atoms with Gasteiger partial charge in [-0.05, 0) is 31.4 Å². The lowest BCUT2D eigenvalue weighted by Gasteiger charge is -2.31. The predicted octanol–water partition coefficient (Wildman–Crippen LogP) is 5.06. The molecule has 7 nitrogen and oxygen atoms in total. The van der Waals surface area contributed by atoms with Crippen molar-refractivity contribution in [3.8, 4) is 5.75 Å². The van der Waals surface area contributed by atoms with Gasteiger partial charge in [-0.1, -0.05) is 42.7 Å². The second-order valence-electron chi connectivity index (χ2n) is 7.04. The maximum Gasteiger partial charge on any atom is 0.322 e. The number of hydrogen-bond acceptors (Lipinski definition) is 4. The Hall–Kier alpha value is -3.09. The standard InChI is InChI=1S/C21H25N3O4/c1-15-7-9-16(10-8-15)19-6-4-3-5-13-23(19)21(25)22-18-12-11-17(24(26)27)14-20(18)28-2/h7-12,14,19H,3-6,13H2,1-2H3,(H,22,25)/t19-/m1/s1. The molecule has 1 saturated heterocycles. The maximum absolute atomic E-state index is 13.1. The Morgan fingerprint density at radius 2 is 1.93 bits per heavy atom. The van der Waals surface area contributed by atoms with Gasteiger partial charge in [0.25, 0.3) is 5.69 Å². The number of rotatable bonds is 4. The van der Waals surface area contributed by atoms with Crippen LogP contribution in [0.3, 0.4) is 0 Å². The summed E-state index contributed by atoms with van der Waals surface area (Å²) in [6.07, 6.45) is 4.03. The van der Waals surface area contributed by atoms with Crippen LogP contribution in [0.4, 0.5) is 16.2 Å². The molecule has 1 aliphatic rings. The van der Waals surface area contributed by atoms with Crippen LogP contribution in [0.1, 0.15) is 42.9 Å². The van der Waals surface area contributed by atoms with E-state index in [9.17, 15) is 14.9 Å². The molecule has 0 bridgehead atoms. The molecular formula is C21H25N3O4. The topological polar surface area (TPSA) is 84.7 Å². The maximum atomic E-state index is 13.1. The van der Waals surface area contributed by atoms with Gasteiger partial charge in [-0.25, -0.2) is 4.79 Å². The van der Waals surface area contributed by atoms with Crippen molar-refractivity contribution in [2.75, 3.05) is 19.0 Å². The van der Waals surface area contributed by atoms with Gasteiger partial charge in [-0.2, -0.15) is 0 Å². The molecule has 0 saturated carbocycles. The zero-order valence-corrected chi connectivity index (χ0v) is 16.2. The lowest BCUT2D eigenvalue weighted by atomic mass is 10.00. The monoisotopic (exact) mass is 383 g/mol. The van der Waals surface area contributed by atoms with Crippen molar-refractivity contribution in [2.24, 2.45) is 0 Å². The number of nitro benzene ring substituents is 1. The number of likely N-dealkylation sites (tertiary alicyclic amines) is 1. The van der Waals surface area contributed by atoms with Crippen LogP contribution in [0.2, 0.25) is 0 Å². The molecule has 2 aromatic rings. The summed E-state index contributed by atoms with van der Waals surface area (Å²) in [4.78, 5) is 25.4. The van der Waals surface area contributed by atoms with Crippen LogP contribution >= 0.6 is 0 Å². The molecule has 1 atom stereocenters. The van der Waals surface area contributed by atoms with Crippen LogP contribution < -0.4 is 10.1 Å². The number of ether oxygens (including phenoxy) is 1. The molecule has 3 rings (SSSR count). The highest BCUT2D eigenvalue weighted by Gasteiger charge is 2.27. The van der Waals surface area contributed by atoms with Gasteiger partial charge in [0.05, 0.1) is 29.8 Å². The lowest BCUT2D eigenvalue weighted by Crippen LogP contribution is -2.38. The van der Waals surface area contributed by atoms with E-state index in [1.165, 1.54) is 30.9 Å². The van der Waals surface area contributed by atoms with E-state index in [1.54, 1.807) is 0 Å². The van der Waals surface area contributed by atoms with Gasteiger partial charge < -0.3 is 15.0 Å². The Balaban J connectivity index is 1.84. The van der Waals surface area contributed by atoms with Gasteiger partial charge in [-0.3, -0.25) is 10.1 Å². The molecule has 1 aliphatic heterocycles. The lowest BCUT2D eigenvalue weighted by molar-refractivity contribution is -0.384. The van der Waals surface area contributed by atoms with Gasteiger partial charge >= 0.3 is 6.03 Å². The second kappa shape index (κ2) is 8.73. The molecular weight excluding hydrogens is 358 g/mol. The third kappa shape index (κ3) is 4.42. The Morgan fingerprint density at radius 1 is 1.18 bits per heavy atom. The molecule has 1 fully saturated rings. The van der Waals surface area contributed by atoms with E-state index in [4.69, 9.17) is 4.74 Å². The number of nitrogens with one attached hydrogen (secondary N) is 1. The van der Waals surface area contributed by atoms with Gasteiger partial charge in [0.1, 0.15) is 5.75 Å². The van der Waals surface area contributed by atoms with Crippen molar-refractivity contribution >= 4 is 17.4 Å². The first-order chi connectivity index (χ1) is 13.5. The van der Waals surface area contributed by atoms with E-state index >= 15 is 0 Å². The number of nitrogens with zero attached hydrogens (tertiary/aromatic N) is 2. The molecule has 0 aliphatic carbocycles. The van der Waals surface area contributed by atoms with Crippen molar-refractivity contribution < 1.29 is 14.5 Å². The number of carbonyl (C=O) groups excluding carboxylic acids is 1. The van der Waals surface area contributed by atoms with E-state index in [0.717, 1.165) is 31.2 Å². The van der Waals surface area contributed by atoms with E-state index in [0.29, 0.717) is 12.2 Å². The molecule has 0 aromatic heterocycles. The normalized spacial score (nSPS) is 16.9. The van der Waals surface area contributed by atoms with Crippen LogP contribution in [-0.2, 0) is 0 Å². The Morgan fingerprint density at radius 3 is 2.61 bits per heavy atom. The Kier molecular flexibility index (Phi) is 6.13. The number of urea groups is 1. The van der Waals surface area contributed by atoms with E-state index in [1.807, 2.05) is 11.8 Å². The molecule has 1 heterocycles. The van der Waals surface area contributed by atoms with Crippen LogP contribution in [0.25, 0.3) is 0 Å². The largest absolute Gasteiger partial charge is 0.494 e. The molecule has 148 valence electrons. The minimum absolute atomic E-state index is 0.00661. The highest BCUT2D eigenvalue weighted by molar-refractivity contribution is 5.91. The van der Waals surface area contributed by atoms with Crippen LogP contribution in [0.15, 0.2) is 42.5 Å². The number of hydrogen-bond donors (Lipinski definition) is 1. The smallest absolute Gasteiger partial charge is 0.322 e. The second-order valence-corrected chi connectivity index (χ2v) is 7.04. The van der Waals surface area contributed by atoms with Crippen molar-refractivity contribution in [2.45, 2.75) is 38.6 Å². The molecule has 1 N–H and O–H groups in total. The van der Waals surface area contributed by atoms with Crippen molar-refractivity contribution in [3.63, 3.8) is 0 Å². The number of amides is 2. The fraction of sp³-hybridized carbons (Fsp3) is 0.381. The first kappa shape index (κ1) is 19.7. The minimum atomic E-state index is -0.490. The van der Waals surface area contributed by atoms with Gasteiger partial charge in [0.15, 0.2) is 0 Å². The summed E-state index contributed by atoms with van der Waals surface area (Å²) in [6.45, 7) is 2.71. The summed E-state index contributed by atoms with van der Waals surface area (Å²) in [5.41, 5.74) is 2.65. The van der Waals surface area contributed by atoms with Crippen LogP contribution in [0.5, 0.6) is 5.75 Å². The SMILES string of the molecule is COc1cc([N+](=O)[O-])ccc1NC(=O)N1CCCCC[C@@H]1c1ccc(C)cc1. The zero-order chi connectivity index (χ0) is 20.1. The van der Waals surface area contributed by atoms with E-state index in [2.05, 4.69) is 29.6 Å². The first-order valence-electron chi connectivity index (χ1n) is 9.46. The van der Waals surface area contributed by atoms with Crippen LogP contribution in [-0.4, -0.2) is 29.5 Å². The minimum Gasteiger partial charge on any atom is -0.494 e. The number of anilines is 1. The first-order valence-corrected chi connectivity index (χ1v) is 9.46. The highest BCUT2D eigenvalue weighted by Crippen LogP contribution is 2.33. The molecule has 0 unspecified atom stereocenters. The molecule has 0 radical (unpaired) electrons. The van der Waals surface area contributed by atoms with Crippen molar-refractivity contribution in [1.29, 1.82) is 0 Å². The summed E-state index contributed by atoms with van der Waals surface area (Å²) in [6, 6.07) is 12.3. The Bertz CT molecular complexity index is 851. The number of non-ortho nitro benzene ring substituents is 1. The molecule has 2 amide bonds. The van der Waals surface area contributed by atoms with Gasteiger partial charge in [-0.15, -0.1) is 0 Å². The fourth-order valence-electron chi connectivity index (χ4n) is 3.57. The zero-order valence-electron chi connectivity index (χ0n) is 16.2. The number of methoxy groups -OCH3 is 1. The molecule has 0 spiro atoms. The van der Waals surface area contributed by atoms with Gasteiger partial charge in [0.2, 0.25) is 0 Å². The molecule has 2 aromatic carbocycles. The third-order valence-electron chi connectivity index (χ3n) is 5.11. The third-order valence-corrected chi connectivity index (χ3v) is 5.11. The number of carbonyl (C=O) groups is 1. The average molecular weight is 383 g/mol. The quantitative estimate of drug-likeness (QED) is 0.591. The summed E-state index contributed by atoms with van der Waals surface area (Å²) in [7, 11) is 1.43. The van der Waals surface area contributed by atoms with Crippen molar-refractivity contribution in [1.82, 2.24) is 4.90 Å². The average Bonchev–Trinajstić information content (AvgIpc) is 2.95. The summed E-state index contributed by atoms with van der Waals surface area (Å²) in [5.74, 6) is 0.268. The van der Waals surface area contributed by atoms with E-state index in [-0.39, 0.29) is 23.5 Å². The van der Waals surface area contributed by atoms with Crippen LogP contribution in [0, 0.1) is 17.0 Å². The summed E-state index contributed by atoms with van der Waals surface area (Å²) >= 11 is 0. The molecule has 28 heavy (non-hydrogen) atoms. The van der Waals surface area contributed by atoms with Crippen molar-refractivity contribution in [3.05, 3.63) is 63.7 Å². The van der Waals surface area contributed by atoms with E-state index < -0.39 is 4.92 Å².